The zero-order valence-corrected chi connectivity index (χ0v) is 14.9. The summed E-state index contributed by atoms with van der Waals surface area (Å²) in [6.07, 6.45) is 7.44. The minimum Gasteiger partial charge on any atom is -0.290 e. The minimum absolute atomic E-state index is 0.00678. The molecule has 0 atom stereocenters. The maximum atomic E-state index is 13.3. The quantitative estimate of drug-likeness (QED) is 0.480. The van der Waals surface area contributed by atoms with E-state index < -0.39 is 0 Å². The average molecular weight is 338 g/mol. The highest BCUT2D eigenvalue weighted by Crippen LogP contribution is 2.49. The molecule has 1 heterocycles. The summed E-state index contributed by atoms with van der Waals surface area (Å²) in [5.41, 5.74) is 4.50. The topological polar surface area (TPSA) is 34.9 Å². The summed E-state index contributed by atoms with van der Waals surface area (Å²) in [6, 6.07) is 8.46. The Morgan fingerprint density at radius 2 is 2.08 bits per heavy atom. The van der Waals surface area contributed by atoms with Gasteiger partial charge in [-0.05, 0) is 24.8 Å². The molecular formula is C20H22N2OS. The molecule has 1 fully saturated rings. The number of hydrogen-bond acceptors (Lipinski definition) is 3. The van der Waals surface area contributed by atoms with E-state index in [1.54, 1.807) is 16.3 Å². The number of aromatic nitrogens is 2. The van der Waals surface area contributed by atoms with Gasteiger partial charge in [-0.1, -0.05) is 54.9 Å². The Bertz CT molecular complexity index is 862. The SMILES string of the molecule is C=CCSc1nc2c(c(=O)n1C)C1(CCCC1)Cc1ccccc1-2. The minimum atomic E-state index is -0.00678. The molecule has 4 rings (SSSR count). The van der Waals surface area contributed by atoms with Gasteiger partial charge in [-0.25, -0.2) is 4.98 Å². The molecule has 0 radical (unpaired) electrons. The van der Waals surface area contributed by atoms with Gasteiger partial charge in [-0.3, -0.25) is 9.36 Å². The van der Waals surface area contributed by atoms with Crippen molar-refractivity contribution < 1.29 is 0 Å². The average Bonchev–Trinajstić information content (AvgIpc) is 3.05. The van der Waals surface area contributed by atoms with E-state index in [1.807, 2.05) is 19.2 Å². The highest BCUT2D eigenvalue weighted by molar-refractivity contribution is 7.99. The molecule has 124 valence electrons. The van der Waals surface area contributed by atoms with Crippen molar-refractivity contribution in [1.82, 2.24) is 9.55 Å². The fourth-order valence-corrected chi connectivity index (χ4v) is 5.05. The normalized spacial score (nSPS) is 17.5. The van der Waals surface area contributed by atoms with Crippen LogP contribution in [0.2, 0.25) is 0 Å². The zero-order chi connectivity index (χ0) is 16.7. The van der Waals surface area contributed by atoms with Crippen LogP contribution in [0.4, 0.5) is 0 Å². The van der Waals surface area contributed by atoms with E-state index in [4.69, 9.17) is 4.98 Å². The maximum absolute atomic E-state index is 13.3. The first-order valence-electron chi connectivity index (χ1n) is 8.60. The molecule has 3 nitrogen and oxygen atoms in total. The first kappa shape index (κ1) is 15.7. The molecule has 2 aliphatic rings. The van der Waals surface area contributed by atoms with Crippen molar-refractivity contribution in [2.75, 3.05) is 5.75 Å². The monoisotopic (exact) mass is 338 g/mol. The van der Waals surface area contributed by atoms with Crippen LogP contribution in [0.3, 0.4) is 0 Å². The molecule has 4 heteroatoms. The Labute approximate surface area is 146 Å². The Morgan fingerprint density at radius 1 is 1.33 bits per heavy atom. The lowest BCUT2D eigenvalue weighted by molar-refractivity contribution is 0.419. The van der Waals surface area contributed by atoms with Gasteiger partial charge < -0.3 is 0 Å². The molecule has 0 bridgehead atoms. The molecule has 0 N–H and O–H groups in total. The number of benzene rings is 1. The lowest BCUT2D eigenvalue weighted by atomic mass is 9.68. The standard InChI is InChI=1S/C20H22N2OS/c1-3-12-24-19-21-17-15-9-5-4-8-14(15)13-20(10-6-7-11-20)16(17)18(23)22(19)2/h3-5,8-9H,1,6-7,10-13H2,2H3. The number of rotatable bonds is 3. The second-order valence-electron chi connectivity index (χ2n) is 6.90. The molecule has 1 spiro atoms. The van der Waals surface area contributed by atoms with Crippen LogP contribution in [-0.2, 0) is 18.9 Å². The van der Waals surface area contributed by atoms with Gasteiger partial charge in [0.2, 0.25) is 0 Å². The van der Waals surface area contributed by atoms with Crippen LogP contribution in [0.25, 0.3) is 11.3 Å². The number of fused-ring (bicyclic) bond motifs is 4. The predicted molar refractivity (Wildman–Crippen MR) is 99.7 cm³/mol. The van der Waals surface area contributed by atoms with Gasteiger partial charge in [0.15, 0.2) is 5.16 Å². The molecule has 0 unspecified atom stereocenters. The molecule has 0 aliphatic heterocycles. The van der Waals surface area contributed by atoms with E-state index >= 15 is 0 Å². The lowest BCUT2D eigenvalue weighted by Gasteiger charge is -2.36. The van der Waals surface area contributed by atoms with Crippen molar-refractivity contribution in [2.24, 2.45) is 7.05 Å². The van der Waals surface area contributed by atoms with E-state index in [1.165, 1.54) is 18.4 Å². The van der Waals surface area contributed by atoms with Crippen molar-refractivity contribution in [3.8, 4) is 11.3 Å². The molecular weight excluding hydrogens is 316 g/mol. The summed E-state index contributed by atoms with van der Waals surface area (Å²) in [6.45, 7) is 3.77. The van der Waals surface area contributed by atoms with Crippen molar-refractivity contribution in [1.29, 1.82) is 0 Å². The van der Waals surface area contributed by atoms with E-state index in [0.29, 0.717) is 0 Å². The summed E-state index contributed by atoms with van der Waals surface area (Å²) in [4.78, 5) is 18.2. The molecule has 1 saturated carbocycles. The van der Waals surface area contributed by atoms with Crippen LogP contribution >= 0.6 is 11.8 Å². The largest absolute Gasteiger partial charge is 0.290 e. The van der Waals surface area contributed by atoms with Crippen LogP contribution in [0.15, 0.2) is 46.9 Å². The molecule has 0 amide bonds. The van der Waals surface area contributed by atoms with Gasteiger partial charge >= 0.3 is 0 Å². The third kappa shape index (κ3) is 2.27. The molecule has 1 aromatic heterocycles. The molecule has 1 aromatic carbocycles. The van der Waals surface area contributed by atoms with Crippen molar-refractivity contribution in [2.45, 2.75) is 42.7 Å². The fourth-order valence-electron chi connectivity index (χ4n) is 4.35. The summed E-state index contributed by atoms with van der Waals surface area (Å²) in [7, 11) is 1.85. The Kier molecular flexibility index (Phi) is 3.87. The number of thioether (sulfide) groups is 1. The predicted octanol–water partition coefficient (Wildman–Crippen LogP) is 4.09. The third-order valence-corrected chi connectivity index (χ3v) is 6.50. The highest BCUT2D eigenvalue weighted by atomic mass is 32.2. The maximum Gasteiger partial charge on any atom is 0.258 e. The van der Waals surface area contributed by atoms with E-state index in [2.05, 4.69) is 24.8 Å². The Balaban J connectivity index is 2.00. The van der Waals surface area contributed by atoms with Gasteiger partial charge in [0.25, 0.3) is 5.56 Å². The van der Waals surface area contributed by atoms with Gasteiger partial charge in [-0.15, -0.1) is 6.58 Å². The second kappa shape index (κ2) is 5.92. The summed E-state index contributed by atoms with van der Waals surface area (Å²) in [5.74, 6) is 0.756. The van der Waals surface area contributed by atoms with Crippen LogP contribution in [0.5, 0.6) is 0 Å². The molecule has 2 aliphatic carbocycles. The zero-order valence-electron chi connectivity index (χ0n) is 14.0. The van der Waals surface area contributed by atoms with Crippen LogP contribution in [0, 0.1) is 0 Å². The van der Waals surface area contributed by atoms with Crippen molar-refractivity contribution >= 4 is 11.8 Å². The summed E-state index contributed by atoms with van der Waals surface area (Å²) in [5, 5.41) is 0.781. The molecule has 24 heavy (non-hydrogen) atoms. The Hall–Kier alpha value is -1.81. The van der Waals surface area contributed by atoms with Crippen molar-refractivity contribution in [3.05, 3.63) is 58.4 Å². The third-order valence-electron chi connectivity index (χ3n) is 5.47. The van der Waals surface area contributed by atoms with Gasteiger partial charge in [0.05, 0.1) is 11.3 Å². The fraction of sp³-hybridized carbons (Fsp3) is 0.400. The molecule has 2 aromatic rings. The Morgan fingerprint density at radius 3 is 2.83 bits per heavy atom. The number of nitrogens with zero attached hydrogens (tertiary/aromatic N) is 2. The molecule has 0 saturated heterocycles. The lowest BCUT2D eigenvalue weighted by Crippen LogP contribution is -2.39. The highest BCUT2D eigenvalue weighted by Gasteiger charge is 2.44. The first-order valence-corrected chi connectivity index (χ1v) is 9.58. The van der Waals surface area contributed by atoms with Gasteiger partial charge in [0.1, 0.15) is 0 Å². The first-order chi connectivity index (χ1) is 11.7. The second-order valence-corrected chi connectivity index (χ2v) is 7.89. The number of hydrogen-bond donors (Lipinski definition) is 0. The van der Waals surface area contributed by atoms with E-state index in [9.17, 15) is 4.79 Å². The summed E-state index contributed by atoms with van der Waals surface area (Å²) >= 11 is 1.57. The van der Waals surface area contributed by atoms with Crippen LogP contribution in [0.1, 0.15) is 36.8 Å². The van der Waals surface area contributed by atoms with E-state index in [0.717, 1.165) is 47.0 Å². The van der Waals surface area contributed by atoms with Crippen molar-refractivity contribution in [3.63, 3.8) is 0 Å². The summed E-state index contributed by atoms with van der Waals surface area (Å²) < 4.78 is 1.74. The van der Waals surface area contributed by atoms with E-state index in [-0.39, 0.29) is 11.0 Å². The van der Waals surface area contributed by atoms with Crippen LogP contribution < -0.4 is 5.56 Å². The van der Waals surface area contributed by atoms with Gasteiger partial charge in [-0.2, -0.15) is 0 Å². The smallest absolute Gasteiger partial charge is 0.258 e. The van der Waals surface area contributed by atoms with Gasteiger partial charge in [0, 0.05) is 23.8 Å². The van der Waals surface area contributed by atoms with Crippen LogP contribution in [-0.4, -0.2) is 15.3 Å².